The molecule has 0 amide bonds. The molecule has 1 aliphatic carbocycles. The first-order valence-corrected chi connectivity index (χ1v) is 4.01. The first kappa shape index (κ1) is 9.16. The Bertz CT molecular complexity index is 198. The van der Waals surface area contributed by atoms with Gasteiger partial charge in [0.05, 0.1) is 6.61 Å². The topological polar surface area (TPSA) is 43.4 Å². The fourth-order valence-electron chi connectivity index (χ4n) is 0.906. The van der Waals surface area contributed by atoms with Crippen LogP contribution in [0.4, 0.5) is 4.39 Å². The third-order valence-electron chi connectivity index (χ3n) is 1.72. The number of ether oxygens (including phenoxy) is 1. The summed E-state index contributed by atoms with van der Waals surface area (Å²) in [6.07, 6.45) is -0.644. The molecule has 12 heavy (non-hydrogen) atoms. The van der Waals surface area contributed by atoms with Crippen molar-refractivity contribution < 1.29 is 18.7 Å². The molecule has 0 aromatic carbocycles. The Hall–Kier alpha value is -0.930. The number of alkyl halides is 1. The van der Waals surface area contributed by atoms with E-state index < -0.39 is 17.9 Å². The zero-order valence-corrected chi connectivity index (χ0v) is 6.88. The van der Waals surface area contributed by atoms with Gasteiger partial charge in [0, 0.05) is 5.92 Å². The second-order valence-electron chi connectivity index (χ2n) is 2.79. The SMILES string of the molecule is CCOC(=O)[C@H](F)C(=O)C1CC1. The lowest BCUT2D eigenvalue weighted by molar-refractivity contribution is -0.153. The Morgan fingerprint density at radius 3 is 2.58 bits per heavy atom. The van der Waals surface area contributed by atoms with Crippen LogP contribution in [0.25, 0.3) is 0 Å². The van der Waals surface area contributed by atoms with Gasteiger partial charge in [-0.05, 0) is 19.8 Å². The lowest BCUT2D eigenvalue weighted by atomic mass is 10.2. The van der Waals surface area contributed by atoms with Gasteiger partial charge >= 0.3 is 5.97 Å². The summed E-state index contributed by atoms with van der Waals surface area (Å²) in [5, 5.41) is 0. The van der Waals surface area contributed by atoms with E-state index in [0.717, 1.165) is 0 Å². The van der Waals surface area contributed by atoms with Crippen molar-refractivity contribution in [1.29, 1.82) is 0 Å². The first-order valence-electron chi connectivity index (χ1n) is 4.01. The quantitative estimate of drug-likeness (QED) is 0.469. The Labute approximate surface area is 69.9 Å². The zero-order chi connectivity index (χ0) is 9.14. The molecule has 0 aromatic rings. The summed E-state index contributed by atoms with van der Waals surface area (Å²) in [5.41, 5.74) is 0. The van der Waals surface area contributed by atoms with E-state index in [1.807, 2.05) is 0 Å². The van der Waals surface area contributed by atoms with E-state index in [0.29, 0.717) is 12.8 Å². The van der Waals surface area contributed by atoms with Crippen LogP contribution in [0.1, 0.15) is 19.8 Å². The number of Topliss-reactive ketones (excluding diaryl/α,β-unsaturated/α-hetero) is 1. The maximum absolute atomic E-state index is 12.8. The first-order chi connectivity index (χ1) is 5.66. The molecular formula is C8H11FO3. The van der Waals surface area contributed by atoms with E-state index in [4.69, 9.17) is 0 Å². The van der Waals surface area contributed by atoms with E-state index >= 15 is 0 Å². The fraction of sp³-hybridized carbons (Fsp3) is 0.750. The number of rotatable bonds is 4. The predicted molar refractivity (Wildman–Crippen MR) is 39.3 cm³/mol. The van der Waals surface area contributed by atoms with Crippen molar-refractivity contribution in [3.63, 3.8) is 0 Å². The Morgan fingerprint density at radius 1 is 1.58 bits per heavy atom. The molecule has 1 atom stereocenters. The van der Waals surface area contributed by atoms with Crippen LogP contribution in [0, 0.1) is 5.92 Å². The Kier molecular flexibility index (Phi) is 2.78. The Morgan fingerprint density at radius 2 is 2.17 bits per heavy atom. The lowest BCUT2D eigenvalue weighted by Gasteiger charge is -2.04. The van der Waals surface area contributed by atoms with Crippen molar-refractivity contribution in [2.75, 3.05) is 6.61 Å². The molecule has 0 spiro atoms. The van der Waals surface area contributed by atoms with Crippen LogP contribution in [0.15, 0.2) is 0 Å². The van der Waals surface area contributed by atoms with E-state index in [2.05, 4.69) is 4.74 Å². The number of hydrogen-bond donors (Lipinski definition) is 0. The molecule has 1 saturated carbocycles. The minimum absolute atomic E-state index is 0.108. The number of esters is 1. The van der Waals surface area contributed by atoms with Gasteiger partial charge in [0.15, 0.2) is 5.78 Å². The number of carbonyl (C=O) groups is 2. The second kappa shape index (κ2) is 3.65. The van der Waals surface area contributed by atoms with Gasteiger partial charge < -0.3 is 4.74 Å². The molecule has 68 valence electrons. The molecule has 0 aliphatic heterocycles. The number of ketones is 1. The van der Waals surface area contributed by atoms with Crippen LogP contribution >= 0.6 is 0 Å². The molecule has 0 aromatic heterocycles. The summed E-state index contributed by atoms with van der Waals surface area (Å²) in [7, 11) is 0. The Balaban J connectivity index is 2.39. The average molecular weight is 174 g/mol. The van der Waals surface area contributed by atoms with Gasteiger partial charge in [0.25, 0.3) is 6.17 Å². The van der Waals surface area contributed by atoms with E-state index in [1.54, 1.807) is 6.92 Å². The fourth-order valence-corrected chi connectivity index (χ4v) is 0.906. The van der Waals surface area contributed by atoms with E-state index in [9.17, 15) is 14.0 Å². The molecule has 0 bridgehead atoms. The van der Waals surface area contributed by atoms with Crippen molar-refractivity contribution in [2.24, 2.45) is 5.92 Å². The van der Waals surface area contributed by atoms with Crippen LogP contribution in [-0.2, 0) is 14.3 Å². The molecule has 1 fully saturated rings. The van der Waals surface area contributed by atoms with Gasteiger partial charge in [0.2, 0.25) is 0 Å². The van der Waals surface area contributed by atoms with Crippen LogP contribution < -0.4 is 0 Å². The molecule has 1 aliphatic rings. The summed E-state index contributed by atoms with van der Waals surface area (Å²) < 4.78 is 17.2. The van der Waals surface area contributed by atoms with Crippen molar-refractivity contribution in [2.45, 2.75) is 25.9 Å². The van der Waals surface area contributed by atoms with Gasteiger partial charge in [-0.2, -0.15) is 0 Å². The maximum atomic E-state index is 12.8. The van der Waals surface area contributed by atoms with E-state index in [1.165, 1.54) is 0 Å². The third-order valence-corrected chi connectivity index (χ3v) is 1.72. The largest absolute Gasteiger partial charge is 0.463 e. The monoisotopic (exact) mass is 174 g/mol. The minimum Gasteiger partial charge on any atom is -0.463 e. The predicted octanol–water partition coefficient (Wildman–Crippen LogP) is 0.867. The smallest absolute Gasteiger partial charge is 0.348 e. The van der Waals surface area contributed by atoms with Crippen LogP contribution in [0.2, 0.25) is 0 Å². The molecule has 0 N–H and O–H groups in total. The van der Waals surface area contributed by atoms with Crippen LogP contribution in [0.5, 0.6) is 0 Å². The van der Waals surface area contributed by atoms with Crippen molar-refractivity contribution in [3.8, 4) is 0 Å². The van der Waals surface area contributed by atoms with Crippen molar-refractivity contribution in [3.05, 3.63) is 0 Å². The summed E-state index contributed by atoms with van der Waals surface area (Å²) in [5.74, 6) is -1.90. The van der Waals surface area contributed by atoms with Gasteiger partial charge in [-0.15, -0.1) is 0 Å². The molecule has 0 heterocycles. The number of halogens is 1. The highest BCUT2D eigenvalue weighted by Gasteiger charge is 2.39. The average Bonchev–Trinajstić information content (AvgIpc) is 2.84. The standard InChI is InChI=1S/C8H11FO3/c1-2-12-8(11)6(9)7(10)5-3-4-5/h5-6H,2-4H2,1H3/t6-/m1/s1. The highest BCUT2D eigenvalue weighted by atomic mass is 19.1. The normalized spacial score (nSPS) is 18.5. The summed E-state index contributed by atoms with van der Waals surface area (Å²) in [4.78, 5) is 21.6. The summed E-state index contributed by atoms with van der Waals surface area (Å²) in [6.45, 7) is 1.68. The molecule has 0 unspecified atom stereocenters. The highest BCUT2D eigenvalue weighted by Crippen LogP contribution is 2.31. The molecule has 0 saturated heterocycles. The lowest BCUT2D eigenvalue weighted by Crippen LogP contribution is -2.28. The summed E-state index contributed by atoms with van der Waals surface area (Å²) >= 11 is 0. The van der Waals surface area contributed by atoms with Gasteiger partial charge in [-0.3, -0.25) is 4.79 Å². The zero-order valence-electron chi connectivity index (χ0n) is 6.88. The van der Waals surface area contributed by atoms with Gasteiger partial charge in [0.1, 0.15) is 0 Å². The maximum Gasteiger partial charge on any atom is 0.348 e. The summed E-state index contributed by atoms with van der Waals surface area (Å²) in [6, 6.07) is 0. The van der Waals surface area contributed by atoms with Gasteiger partial charge in [-0.1, -0.05) is 0 Å². The minimum atomic E-state index is -2.06. The van der Waals surface area contributed by atoms with Crippen LogP contribution in [-0.4, -0.2) is 24.5 Å². The van der Waals surface area contributed by atoms with E-state index in [-0.39, 0.29) is 12.5 Å². The van der Waals surface area contributed by atoms with Crippen molar-refractivity contribution in [1.82, 2.24) is 0 Å². The molecule has 1 rings (SSSR count). The molecule has 4 heteroatoms. The third kappa shape index (κ3) is 2.03. The van der Waals surface area contributed by atoms with Crippen molar-refractivity contribution >= 4 is 11.8 Å². The molecular weight excluding hydrogens is 163 g/mol. The highest BCUT2D eigenvalue weighted by molar-refractivity contribution is 6.03. The number of carbonyl (C=O) groups excluding carboxylic acids is 2. The molecule has 0 radical (unpaired) electrons. The van der Waals surface area contributed by atoms with Crippen LogP contribution in [0.3, 0.4) is 0 Å². The molecule has 3 nitrogen and oxygen atoms in total. The second-order valence-corrected chi connectivity index (χ2v) is 2.79. The number of hydrogen-bond acceptors (Lipinski definition) is 3. The van der Waals surface area contributed by atoms with Gasteiger partial charge in [-0.25, -0.2) is 9.18 Å².